The minimum absolute atomic E-state index is 0.545. The molecule has 3 nitrogen and oxygen atoms in total. The van der Waals surface area contributed by atoms with Gasteiger partial charge in [-0.2, -0.15) is 0 Å². The van der Waals surface area contributed by atoms with Gasteiger partial charge in [0.2, 0.25) is 0 Å². The third-order valence-electron chi connectivity index (χ3n) is 3.45. The Morgan fingerprint density at radius 3 is 2.40 bits per heavy atom. The van der Waals surface area contributed by atoms with Gasteiger partial charge in [0.25, 0.3) is 0 Å². The summed E-state index contributed by atoms with van der Waals surface area (Å²) >= 11 is 0. The molecule has 0 saturated heterocycles. The van der Waals surface area contributed by atoms with Crippen LogP contribution in [0.2, 0.25) is 0 Å². The van der Waals surface area contributed by atoms with E-state index in [1.165, 1.54) is 25.7 Å². The lowest BCUT2D eigenvalue weighted by Crippen LogP contribution is -2.41. The Labute approximate surface area is 93.5 Å². The van der Waals surface area contributed by atoms with Gasteiger partial charge < -0.3 is 14.8 Å². The molecule has 1 fully saturated rings. The minimum atomic E-state index is 0.545. The molecule has 1 aliphatic rings. The molecule has 15 heavy (non-hydrogen) atoms. The summed E-state index contributed by atoms with van der Waals surface area (Å²) in [5, 5.41) is 3.54. The van der Waals surface area contributed by atoms with Crippen LogP contribution in [0.25, 0.3) is 0 Å². The zero-order valence-corrected chi connectivity index (χ0v) is 10.2. The van der Waals surface area contributed by atoms with Gasteiger partial charge in [-0.3, -0.25) is 0 Å². The monoisotopic (exact) mass is 215 g/mol. The third-order valence-corrected chi connectivity index (χ3v) is 3.45. The quantitative estimate of drug-likeness (QED) is 0.595. The van der Waals surface area contributed by atoms with E-state index in [2.05, 4.69) is 5.32 Å². The van der Waals surface area contributed by atoms with Gasteiger partial charge in [-0.1, -0.05) is 6.42 Å². The smallest absolute Gasteiger partial charge is 0.0474 e. The first kappa shape index (κ1) is 12.9. The van der Waals surface area contributed by atoms with Gasteiger partial charge in [0, 0.05) is 34.0 Å². The van der Waals surface area contributed by atoms with Gasteiger partial charge in [-0.05, 0) is 37.6 Å². The predicted molar refractivity (Wildman–Crippen MR) is 62.1 cm³/mol. The number of hydrogen-bond acceptors (Lipinski definition) is 3. The van der Waals surface area contributed by atoms with Gasteiger partial charge in [-0.25, -0.2) is 0 Å². The van der Waals surface area contributed by atoms with Crippen LogP contribution in [0.3, 0.4) is 0 Å². The minimum Gasteiger partial charge on any atom is -0.385 e. The molecule has 0 spiro atoms. The van der Waals surface area contributed by atoms with Crippen LogP contribution in [0.1, 0.15) is 32.1 Å². The fraction of sp³-hybridized carbons (Fsp3) is 1.00. The van der Waals surface area contributed by atoms with Crippen molar-refractivity contribution in [1.82, 2.24) is 5.32 Å². The highest BCUT2D eigenvalue weighted by Gasteiger charge is 2.35. The fourth-order valence-electron chi connectivity index (χ4n) is 2.21. The maximum absolute atomic E-state index is 5.17. The van der Waals surface area contributed by atoms with Crippen molar-refractivity contribution in [3.05, 3.63) is 0 Å². The van der Waals surface area contributed by atoms with Crippen molar-refractivity contribution < 1.29 is 9.47 Å². The van der Waals surface area contributed by atoms with E-state index in [0.29, 0.717) is 5.41 Å². The molecule has 1 N–H and O–H groups in total. The molecule has 90 valence electrons. The molecule has 0 aromatic rings. The van der Waals surface area contributed by atoms with E-state index in [-0.39, 0.29) is 0 Å². The Morgan fingerprint density at radius 2 is 1.87 bits per heavy atom. The van der Waals surface area contributed by atoms with E-state index in [0.717, 1.165) is 32.7 Å². The SMILES string of the molecule is COCCCNCC1(CCOC)CCC1. The summed E-state index contributed by atoms with van der Waals surface area (Å²) in [4.78, 5) is 0. The number of ether oxygens (including phenoxy) is 2. The largest absolute Gasteiger partial charge is 0.385 e. The van der Waals surface area contributed by atoms with Crippen molar-refractivity contribution in [3.63, 3.8) is 0 Å². The van der Waals surface area contributed by atoms with Crippen molar-refractivity contribution in [1.29, 1.82) is 0 Å². The van der Waals surface area contributed by atoms with Crippen LogP contribution in [0.5, 0.6) is 0 Å². The van der Waals surface area contributed by atoms with Crippen LogP contribution < -0.4 is 5.32 Å². The molecular weight excluding hydrogens is 190 g/mol. The molecule has 0 amide bonds. The Balaban J connectivity index is 2.05. The van der Waals surface area contributed by atoms with Gasteiger partial charge in [0.1, 0.15) is 0 Å². The summed E-state index contributed by atoms with van der Waals surface area (Å²) in [5.74, 6) is 0. The second-order valence-electron chi connectivity index (χ2n) is 4.62. The van der Waals surface area contributed by atoms with E-state index in [9.17, 15) is 0 Å². The Kier molecular flexibility index (Phi) is 6.22. The fourth-order valence-corrected chi connectivity index (χ4v) is 2.21. The molecule has 0 atom stereocenters. The van der Waals surface area contributed by atoms with Crippen LogP contribution >= 0.6 is 0 Å². The van der Waals surface area contributed by atoms with Crippen LogP contribution in [-0.2, 0) is 9.47 Å². The molecule has 0 radical (unpaired) electrons. The standard InChI is InChI=1S/C12H25NO2/c1-14-9-4-8-13-11-12(5-3-6-12)7-10-15-2/h13H,3-11H2,1-2H3. The predicted octanol–water partition coefficient (Wildman–Crippen LogP) is 1.82. The average Bonchev–Trinajstić information content (AvgIpc) is 2.20. The highest BCUT2D eigenvalue weighted by molar-refractivity contribution is 4.89. The van der Waals surface area contributed by atoms with Crippen LogP contribution in [0, 0.1) is 5.41 Å². The summed E-state index contributed by atoms with van der Waals surface area (Å²) in [6, 6.07) is 0. The summed E-state index contributed by atoms with van der Waals surface area (Å²) in [7, 11) is 3.55. The van der Waals surface area contributed by atoms with Crippen molar-refractivity contribution in [2.75, 3.05) is 40.5 Å². The lowest BCUT2D eigenvalue weighted by atomic mass is 9.67. The Hall–Kier alpha value is -0.120. The van der Waals surface area contributed by atoms with Gasteiger partial charge in [0.05, 0.1) is 0 Å². The highest BCUT2D eigenvalue weighted by atomic mass is 16.5. The molecule has 1 saturated carbocycles. The second-order valence-corrected chi connectivity index (χ2v) is 4.62. The second kappa shape index (κ2) is 7.20. The molecule has 0 heterocycles. The zero-order chi connectivity index (χ0) is 11.0. The third kappa shape index (κ3) is 4.49. The zero-order valence-electron chi connectivity index (χ0n) is 10.2. The number of nitrogens with one attached hydrogen (secondary N) is 1. The topological polar surface area (TPSA) is 30.5 Å². The van der Waals surface area contributed by atoms with Gasteiger partial charge >= 0.3 is 0 Å². The molecule has 1 rings (SSSR count). The summed E-state index contributed by atoms with van der Waals surface area (Å²) < 4.78 is 10.2. The van der Waals surface area contributed by atoms with Crippen molar-refractivity contribution in [2.45, 2.75) is 32.1 Å². The molecule has 0 aromatic heterocycles. The molecule has 0 aromatic carbocycles. The van der Waals surface area contributed by atoms with E-state index >= 15 is 0 Å². The molecule has 3 heteroatoms. The summed E-state index contributed by atoms with van der Waals surface area (Å²) in [5.41, 5.74) is 0.545. The van der Waals surface area contributed by atoms with Crippen LogP contribution in [0.4, 0.5) is 0 Å². The van der Waals surface area contributed by atoms with Crippen LogP contribution in [0.15, 0.2) is 0 Å². The van der Waals surface area contributed by atoms with E-state index in [1.807, 2.05) is 0 Å². The Bertz CT molecular complexity index is 158. The lowest BCUT2D eigenvalue weighted by molar-refractivity contribution is 0.0686. The molecular formula is C12H25NO2. The summed E-state index contributed by atoms with van der Waals surface area (Å²) in [6.45, 7) is 3.99. The van der Waals surface area contributed by atoms with E-state index in [4.69, 9.17) is 9.47 Å². The Morgan fingerprint density at radius 1 is 1.13 bits per heavy atom. The first-order valence-corrected chi connectivity index (χ1v) is 6.02. The number of methoxy groups -OCH3 is 2. The van der Waals surface area contributed by atoms with Crippen molar-refractivity contribution in [2.24, 2.45) is 5.41 Å². The molecule has 1 aliphatic carbocycles. The highest BCUT2D eigenvalue weighted by Crippen LogP contribution is 2.43. The van der Waals surface area contributed by atoms with E-state index < -0.39 is 0 Å². The van der Waals surface area contributed by atoms with Crippen molar-refractivity contribution in [3.8, 4) is 0 Å². The molecule has 0 aliphatic heterocycles. The van der Waals surface area contributed by atoms with Crippen LogP contribution in [-0.4, -0.2) is 40.5 Å². The molecule has 0 bridgehead atoms. The summed E-state index contributed by atoms with van der Waals surface area (Å²) in [6.07, 6.45) is 6.45. The first-order chi connectivity index (χ1) is 7.33. The number of hydrogen-bond donors (Lipinski definition) is 1. The average molecular weight is 215 g/mol. The maximum Gasteiger partial charge on any atom is 0.0474 e. The first-order valence-electron chi connectivity index (χ1n) is 6.02. The molecule has 0 unspecified atom stereocenters. The lowest BCUT2D eigenvalue weighted by Gasteiger charge is -2.42. The number of rotatable bonds is 9. The van der Waals surface area contributed by atoms with Gasteiger partial charge in [0.15, 0.2) is 0 Å². The maximum atomic E-state index is 5.17. The van der Waals surface area contributed by atoms with E-state index in [1.54, 1.807) is 14.2 Å². The van der Waals surface area contributed by atoms with Crippen molar-refractivity contribution >= 4 is 0 Å². The normalized spacial score (nSPS) is 18.8. The van der Waals surface area contributed by atoms with Gasteiger partial charge in [-0.15, -0.1) is 0 Å².